The van der Waals surface area contributed by atoms with Crippen LogP contribution in [0.3, 0.4) is 0 Å². The molecule has 3 N–H and O–H groups in total. The lowest BCUT2D eigenvalue weighted by molar-refractivity contribution is -0.160. The van der Waals surface area contributed by atoms with E-state index in [9.17, 15) is 40.4 Å². The van der Waals surface area contributed by atoms with E-state index in [-0.39, 0.29) is 11.1 Å². The first-order chi connectivity index (χ1) is 14.5. The number of nitrogens with two attached hydrogens (primary N) is 1. The highest BCUT2D eigenvalue weighted by Crippen LogP contribution is 2.37. The van der Waals surface area contributed by atoms with E-state index in [0.29, 0.717) is 23.5 Å². The molecular weight excluding hydrogens is 480 g/mol. The molecule has 2 rings (SSSR count). The monoisotopic (exact) mass is 496 g/mol. The van der Waals surface area contributed by atoms with Crippen molar-refractivity contribution in [1.29, 1.82) is 0 Å². The number of primary amides is 1. The number of hydrogen-bond acceptors (Lipinski definition) is 7. The maximum absolute atomic E-state index is 14.2. The fourth-order valence-electron chi connectivity index (χ4n) is 2.44. The Kier molecular flexibility index (Phi) is 6.71. The molecule has 0 bridgehead atoms. The standard InChI is InChI=1S/C18H16F4N2O6S2/c1-8(25)30-17(2,3)16(27)24-15-10(14(23)26)7-13(31-15)32(28,29)12-5-4-9(6-11(12)19)18(20,21)22/h4-7H,1-3H3,(H2,23,26)(H,24,27). The molecule has 1 aromatic heterocycles. The molecule has 0 saturated carbocycles. The van der Waals surface area contributed by atoms with Gasteiger partial charge in [0.2, 0.25) is 9.84 Å². The molecule has 0 radical (unpaired) electrons. The Balaban J connectivity index is 2.50. The van der Waals surface area contributed by atoms with E-state index >= 15 is 0 Å². The van der Waals surface area contributed by atoms with Crippen LogP contribution < -0.4 is 11.1 Å². The van der Waals surface area contributed by atoms with Crippen molar-refractivity contribution in [3.63, 3.8) is 0 Å². The number of esters is 1. The van der Waals surface area contributed by atoms with Gasteiger partial charge in [0.1, 0.15) is 19.9 Å². The predicted molar refractivity (Wildman–Crippen MR) is 104 cm³/mol. The first kappa shape index (κ1) is 25.3. The number of alkyl halides is 3. The number of thiophene rings is 1. The van der Waals surface area contributed by atoms with Gasteiger partial charge in [-0.05, 0) is 38.1 Å². The molecule has 0 atom stereocenters. The number of benzene rings is 1. The number of sulfone groups is 1. The van der Waals surface area contributed by atoms with Crippen molar-refractivity contribution in [3.8, 4) is 0 Å². The Morgan fingerprint density at radius 1 is 1.12 bits per heavy atom. The van der Waals surface area contributed by atoms with E-state index in [1.165, 1.54) is 13.8 Å². The summed E-state index contributed by atoms with van der Waals surface area (Å²) < 4.78 is 82.2. The highest BCUT2D eigenvalue weighted by atomic mass is 32.2. The van der Waals surface area contributed by atoms with Crippen LogP contribution in [-0.2, 0) is 30.3 Å². The van der Waals surface area contributed by atoms with Gasteiger partial charge in [0.05, 0.1) is 11.1 Å². The van der Waals surface area contributed by atoms with Crippen LogP contribution >= 0.6 is 11.3 Å². The molecule has 1 aromatic carbocycles. The third-order valence-corrected chi connectivity index (χ3v) is 7.27. The minimum Gasteiger partial charge on any atom is -0.450 e. The van der Waals surface area contributed by atoms with Gasteiger partial charge >= 0.3 is 12.1 Å². The Hall–Kier alpha value is -3.00. The summed E-state index contributed by atoms with van der Waals surface area (Å²) in [5.41, 5.74) is 1.66. The number of halogens is 4. The van der Waals surface area contributed by atoms with Gasteiger partial charge in [-0.1, -0.05) is 0 Å². The normalized spacial score (nSPS) is 12.3. The number of anilines is 1. The van der Waals surface area contributed by atoms with Crippen LogP contribution in [0.1, 0.15) is 36.7 Å². The number of hydrogen-bond donors (Lipinski definition) is 2. The van der Waals surface area contributed by atoms with E-state index in [0.717, 1.165) is 13.0 Å². The van der Waals surface area contributed by atoms with Gasteiger partial charge in [-0.2, -0.15) is 13.2 Å². The molecule has 174 valence electrons. The average Bonchev–Trinajstić information content (AvgIpc) is 3.04. The van der Waals surface area contributed by atoms with Crippen LogP contribution in [-0.4, -0.2) is 31.8 Å². The topological polar surface area (TPSA) is 133 Å². The first-order valence-corrected chi connectivity index (χ1v) is 10.8. The van der Waals surface area contributed by atoms with Gasteiger partial charge in [-0.25, -0.2) is 12.8 Å². The fourth-order valence-corrected chi connectivity index (χ4v) is 5.24. The molecule has 0 fully saturated rings. The zero-order valence-corrected chi connectivity index (χ0v) is 18.3. The molecule has 0 spiro atoms. The molecule has 1 heterocycles. The van der Waals surface area contributed by atoms with E-state index < -0.39 is 65.4 Å². The minimum absolute atomic E-state index is 0.0276. The van der Waals surface area contributed by atoms with Crippen molar-refractivity contribution in [1.82, 2.24) is 0 Å². The lowest BCUT2D eigenvalue weighted by Crippen LogP contribution is -2.41. The van der Waals surface area contributed by atoms with Crippen molar-refractivity contribution in [2.45, 2.75) is 41.7 Å². The Morgan fingerprint density at radius 3 is 2.19 bits per heavy atom. The number of carbonyl (C=O) groups is 3. The second-order valence-corrected chi connectivity index (χ2v) is 10.1. The Bertz CT molecular complexity index is 1200. The highest BCUT2D eigenvalue weighted by Gasteiger charge is 2.35. The van der Waals surface area contributed by atoms with Crippen LogP contribution in [0.2, 0.25) is 0 Å². The molecule has 8 nitrogen and oxygen atoms in total. The van der Waals surface area contributed by atoms with E-state index in [2.05, 4.69) is 5.32 Å². The number of ether oxygens (including phenoxy) is 1. The molecular formula is C18H16F4N2O6S2. The summed E-state index contributed by atoms with van der Waals surface area (Å²) in [5, 5.41) is 1.88. The SMILES string of the molecule is CC(=O)OC(C)(C)C(=O)Nc1sc(S(=O)(=O)c2ccc(C(F)(F)F)cc2F)cc1C(N)=O. The van der Waals surface area contributed by atoms with Gasteiger partial charge < -0.3 is 15.8 Å². The fraction of sp³-hybridized carbons (Fsp3) is 0.278. The Morgan fingerprint density at radius 2 is 1.72 bits per heavy atom. The summed E-state index contributed by atoms with van der Waals surface area (Å²) in [6, 6.07) is 1.62. The Labute approximate surface area is 183 Å². The van der Waals surface area contributed by atoms with Gasteiger partial charge in [0, 0.05) is 6.92 Å². The summed E-state index contributed by atoms with van der Waals surface area (Å²) in [5.74, 6) is -4.51. The van der Waals surface area contributed by atoms with Crippen LogP contribution in [0.5, 0.6) is 0 Å². The number of rotatable bonds is 6. The first-order valence-electron chi connectivity index (χ1n) is 8.53. The lowest BCUT2D eigenvalue weighted by atomic mass is 10.1. The summed E-state index contributed by atoms with van der Waals surface area (Å²) in [6.07, 6.45) is -4.89. The second-order valence-electron chi connectivity index (χ2n) is 6.88. The maximum Gasteiger partial charge on any atom is 0.416 e. The molecule has 14 heteroatoms. The highest BCUT2D eigenvalue weighted by molar-refractivity contribution is 7.93. The van der Waals surface area contributed by atoms with E-state index in [1.807, 2.05) is 0 Å². The quantitative estimate of drug-likeness (QED) is 0.467. The molecule has 0 aliphatic heterocycles. The number of amides is 2. The lowest BCUT2D eigenvalue weighted by Gasteiger charge is -2.22. The van der Waals surface area contributed by atoms with Gasteiger partial charge in [-0.15, -0.1) is 11.3 Å². The molecule has 0 aliphatic carbocycles. The molecule has 2 amide bonds. The maximum atomic E-state index is 14.2. The third-order valence-electron chi connectivity index (χ3n) is 3.96. The van der Waals surface area contributed by atoms with E-state index in [1.54, 1.807) is 0 Å². The van der Waals surface area contributed by atoms with Crippen molar-refractivity contribution in [2.24, 2.45) is 5.73 Å². The van der Waals surface area contributed by atoms with Crippen LogP contribution in [0.15, 0.2) is 33.4 Å². The molecule has 2 aromatic rings. The zero-order chi connectivity index (χ0) is 24.6. The summed E-state index contributed by atoms with van der Waals surface area (Å²) >= 11 is 0.321. The smallest absolute Gasteiger partial charge is 0.416 e. The molecule has 0 unspecified atom stereocenters. The summed E-state index contributed by atoms with van der Waals surface area (Å²) in [4.78, 5) is 34.2. The largest absolute Gasteiger partial charge is 0.450 e. The van der Waals surface area contributed by atoms with Crippen LogP contribution in [0.25, 0.3) is 0 Å². The molecule has 0 aliphatic rings. The van der Waals surface area contributed by atoms with Crippen molar-refractivity contribution >= 4 is 44.0 Å². The molecule has 32 heavy (non-hydrogen) atoms. The van der Waals surface area contributed by atoms with Crippen LogP contribution in [0.4, 0.5) is 22.6 Å². The van der Waals surface area contributed by atoms with Crippen molar-refractivity contribution < 1.29 is 45.1 Å². The van der Waals surface area contributed by atoms with Gasteiger partial charge in [-0.3, -0.25) is 14.4 Å². The van der Waals surface area contributed by atoms with Crippen molar-refractivity contribution in [2.75, 3.05) is 5.32 Å². The number of carbonyl (C=O) groups excluding carboxylic acids is 3. The van der Waals surface area contributed by atoms with Crippen LogP contribution in [0, 0.1) is 5.82 Å². The third kappa shape index (κ3) is 5.24. The summed E-state index contributed by atoms with van der Waals surface area (Å²) in [7, 11) is -4.73. The average molecular weight is 496 g/mol. The van der Waals surface area contributed by atoms with Gasteiger partial charge in [0.15, 0.2) is 5.60 Å². The van der Waals surface area contributed by atoms with Gasteiger partial charge in [0.25, 0.3) is 11.8 Å². The second kappa shape index (κ2) is 8.50. The van der Waals surface area contributed by atoms with Crippen molar-refractivity contribution in [3.05, 3.63) is 41.2 Å². The summed E-state index contributed by atoms with van der Waals surface area (Å²) in [6.45, 7) is 3.52. The predicted octanol–water partition coefficient (Wildman–Crippen LogP) is 3.12. The molecule has 0 saturated heterocycles. The zero-order valence-electron chi connectivity index (χ0n) is 16.7. The van der Waals surface area contributed by atoms with E-state index in [4.69, 9.17) is 10.5 Å². The number of nitrogens with one attached hydrogen (secondary N) is 1. The minimum atomic E-state index is -4.89.